The van der Waals surface area contributed by atoms with Crippen molar-refractivity contribution in [3.63, 3.8) is 0 Å². The number of piperazine rings is 1. The predicted molar refractivity (Wildman–Crippen MR) is 92.8 cm³/mol. The molecule has 0 bridgehead atoms. The van der Waals surface area contributed by atoms with Crippen molar-refractivity contribution in [1.82, 2.24) is 9.80 Å². The van der Waals surface area contributed by atoms with E-state index in [4.69, 9.17) is 4.74 Å². The average Bonchev–Trinajstić information content (AvgIpc) is 2.63. The van der Waals surface area contributed by atoms with Crippen molar-refractivity contribution in [1.29, 1.82) is 0 Å². The molecule has 0 aromatic heterocycles. The van der Waals surface area contributed by atoms with Crippen LogP contribution in [0.15, 0.2) is 24.3 Å². The van der Waals surface area contributed by atoms with Gasteiger partial charge in [0.2, 0.25) is 0 Å². The van der Waals surface area contributed by atoms with E-state index in [-0.39, 0.29) is 12.1 Å². The molecule has 0 spiro atoms. The fraction of sp³-hybridized carbons (Fsp3) is 0.684. The van der Waals surface area contributed by atoms with Crippen LogP contribution in [0.25, 0.3) is 0 Å². The summed E-state index contributed by atoms with van der Waals surface area (Å²) in [5.74, 6) is 0.680. The summed E-state index contributed by atoms with van der Waals surface area (Å²) in [5, 5.41) is 10.4. The molecular formula is C19H27F3N2O2. The molecule has 2 fully saturated rings. The van der Waals surface area contributed by atoms with Crippen molar-refractivity contribution < 1.29 is 23.0 Å². The Labute approximate surface area is 152 Å². The van der Waals surface area contributed by atoms with Crippen LogP contribution in [0.4, 0.5) is 13.2 Å². The number of β-amino-alcohol motifs (C(OH)–C–C–N with tert-alkyl or cyclic N) is 1. The van der Waals surface area contributed by atoms with Gasteiger partial charge in [-0.1, -0.05) is 18.2 Å². The number of benzene rings is 1. The van der Waals surface area contributed by atoms with Crippen molar-refractivity contribution in [2.45, 2.75) is 25.1 Å². The summed E-state index contributed by atoms with van der Waals surface area (Å²) < 4.78 is 44.8. The Bertz CT molecular complexity index is 568. The molecule has 26 heavy (non-hydrogen) atoms. The molecule has 0 aliphatic carbocycles. The van der Waals surface area contributed by atoms with Gasteiger partial charge in [-0.25, -0.2) is 0 Å². The summed E-state index contributed by atoms with van der Waals surface area (Å²) in [6.07, 6.45) is -3.37. The standard InChI is InChI=1S/C19H27F3N2O2/c20-19(21,22)17-4-2-1-3-16(17)18(25)14-24-9-7-23(8-10-24)13-15-5-11-26-12-6-15/h1-4,15,18,25H,5-14H2. The number of halogens is 3. The number of hydrogen-bond acceptors (Lipinski definition) is 4. The molecule has 1 aromatic rings. The minimum Gasteiger partial charge on any atom is -0.387 e. The van der Waals surface area contributed by atoms with Crippen LogP contribution in [0.5, 0.6) is 0 Å². The second-order valence-electron chi connectivity index (χ2n) is 7.26. The van der Waals surface area contributed by atoms with Crippen molar-refractivity contribution in [3.05, 3.63) is 35.4 Å². The highest BCUT2D eigenvalue weighted by atomic mass is 19.4. The number of ether oxygens (including phenoxy) is 1. The molecule has 1 aromatic carbocycles. The van der Waals surface area contributed by atoms with Crippen molar-refractivity contribution in [2.75, 3.05) is 52.5 Å². The van der Waals surface area contributed by atoms with Gasteiger partial charge in [0.05, 0.1) is 11.7 Å². The van der Waals surface area contributed by atoms with Gasteiger partial charge in [0.1, 0.15) is 0 Å². The minimum absolute atomic E-state index is 0.0374. The number of aliphatic hydroxyl groups excluding tert-OH is 1. The van der Waals surface area contributed by atoms with Gasteiger partial charge in [0, 0.05) is 52.5 Å². The fourth-order valence-electron chi connectivity index (χ4n) is 3.84. The fourth-order valence-corrected chi connectivity index (χ4v) is 3.84. The number of rotatable bonds is 5. The molecule has 0 radical (unpaired) electrons. The normalized spacial score (nSPS) is 22.5. The Kier molecular flexibility index (Phi) is 6.55. The van der Waals surface area contributed by atoms with Crippen molar-refractivity contribution in [2.24, 2.45) is 5.92 Å². The highest BCUT2D eigenvalue weighted by Gasteiger charge is 2.35. The lowest BCUT2D eigenvalue weighted by Crippen LogP contribution is -2.49. The van der Waals surface area contributed by atoms with Crippen LogP contribution in [0.1, 0.15) is 30.1 Å². The van der Waals surface area contributed by atoms with Crippen LogP contribution < -0.4 is 0 Å². The monoisotopic (exact) mass is 372 g/mol. The van der Waals surface area contributed by atoms with E-state index in [1.54, 1.807) is 6.07 Å². The summed E-state index contributed by atoms with van der Waals surface area (Å²) >= 11 is 0. The van der Waals surface area contributed by atoms with E-state index in [1.807, 2.05) is 0 Å². The molecular weight excluding hydrogens is 345 g/mol. The van der Waals surface area contributed by atoms with Gasteiger partial charge in [0.25, 0.3) is 0 Å². The van der Waals surface area contributed by atoms with Crippen LogP contribution in [-0.2, 0) is 10.9 Å². The molecule has 146 valence electrons. The minimum atomic E-state index is -4.44. The zero-order valence-electron chi connectivity index (χ0n) is 14.9. The van der Waals surface area contributed by atoms with E-state index in [9.17, 15) is 18.3 Å². The van der Waals surface area contributed by atoms with E-state index in [0.29, 0.717) is 5.92 Å². The van der Waals surface area contributed by atoms with Gasteiger partial charge in [-0.2, -0.15) is 13.2 Å². The zero-order chi connectivity index (χ0) is 18.6. The summed E-state index contributed by atoms with van der Waals surface area (Å²) in [6, 6.07) is 5.30. The van der Waals surface area contributed by atoms with Gasteiger partial charge in [-0.3, -0.25) is 4.90 Å². The summed E-state index contributed by atoms with van der Waals surface area (Å²) in [5.41, 5.74) is -0.782. The van der Waals surface area contributed by atoms with Gasteiger partial charge in [0.15, 0.2) is 0 Å². The lowest BCUT2D eigenvalue weighted by atomic mass is 9.99. The third-order valence-electron chi connectivity index (χ3n) is 5.38. The first kappa shape index (κ1) is 19.6. The second-order valence-corrected chi connectivity index (χ2v) is 7.26. The molecule has 3 rings (SSSR count). The van der Waals surface area contributed by atoms with Crippen LogP contribution in [0.3, 0.4) is 0 Å². The Balaban J connectivity index is 1.50. The van der Waals surface area contributed by atoms with Crippen LogP contribution >= 0.6 is 0 Å². The highest BCUT2D eigenvalue weighted by Crippen LogP contribution is 2.34. The maximum atomic E-state index is 13.1. The molecule has 4 nitrogen and oxygen atoms in total. The Morgan fingerprint density at radius 1 is 1.04 bits per heavy atom. The first-order valence-electron chi connectivity index (χ1n) is 9.30. The Morgan fingerprint density at radius 2 is 1.65 bits per heavy atom. The summed E-state index contributed by atoms with van der Waals surface area (Å²) in [6.45, 7) is 6.32. The largest absolute Gasteiger partial charge is 0.416 e. The maximum absolute atomic E-state index is 13.1. The summed E-state index contributed by atoms with van der Waals surface area (Å²) in [4.78, 5) is 4.47. The third-order valence-corrected chi connectivity index (χ3v) is 5.38. The van der Waals surface area contributed by atoms with Crippen LogP contribution in [0.2, 0.25) is 0 Å². The van der Waals surface area contributed by atoms with Crippen LogP contribution in [-0.4, -0.2) is 67.4 Å². The van der Waals surface area contributed by atoms with Gasteiger partial charge in [-0.05, 0) is 30.4 Å². The number of nitrogens with zero attached hydrogens (tertiary/aromatic N) is 2. The third kappa shape index (κ3) is 5.19. The zero-order valence-corrected chi connectivity index (χ0v) is 14.9. The lowest BCUT2D eigenvalue weighted by molar-refractivity contribution is -0.139. The molecule has 1 unspecified atom stereocenters. The molecule has 2 aliphatic rings. The van der Waals surface area contributed by atoms with E-state index >= 15 is 0 Å². The van der Waals surface area contributed by atoms with Gasteiger partial charge < -0.3 is 14.7 Å². The SMILES string of the molecule is OC(CN1CCN(CC2CCOCC2)CC1)c1ccccc1C(F)(F)F. The molecule has 7 heteroatoms. The van der Waals surface area contributed by atoms with Gasteiger partial charge in [-0.15, -0.1) is 0 Å². The molecule has 0 saturated carbocycles. The molecule has 2 saturated heterocycles. The number of aliphatic hydroxyl groups is 1. The molecule has 1 N–H and O–H groups in total. The smallest absolute Gasteiger partial charge is 0.387 e. The second kappa shape index (κ2) is 8.69. The van der Waals surface area contributed by atoms with E-state index < -0.39 is 17.8 Å². The molecule has 0 amide bonds. The summed E-state index contributed by atoms with van der Waals surface area (Å²) in [7, 11) is 0. The molecule has 1 atom stereocenters. The average molecular weight is 372 g/mol. The Hall–Kier alpha value is -1.15. The van der Waals surface area contributed by atoms with E-state index in [2.05, 4.69) is 9.80 Å². The van der Waals surface area contributed by atoms with Crippen LogP contribution in [0, 0.1) is 5.92 Å². The number of alkyl halides is 3. The first-order valence-corrected chi connectivity index (χ1v) is 9.30. The molecule has 2 aliphatic heterocycles. The van der Waals surface area contributed by atoms with E-state index in [1.165, 1.54) is 12.1 Å². The quantitative estimate of drug-likeness (QED) is 0.862. The maximum Gasteiger partial charge on any atom is 0.416 e. The predicted octanol–water partition coefficient (Wildman–Crippen LogP) is 2.78. The Morgan fingerprint density at radius 3 is 2.31 bits per heavy atom. The van der Waals surface area contributed by atoms with E-state index in [0.717, 1.165) is 64.8 Å². The molecule has 2 heterocycles. The number of hydrogen-bond donors (Lipinski definition) is 1. The van der Waals surface area contributed by atoms with Crippen molar-refractivity contribution in [3.8, 4) is 0 Å². The topological polar surface area (TPSA) is 35.9 Å². The highest BCUT2D eigenvalue weighted by molar-refractivity contribution is 5.31. The van der Waals surface area contributed by atoms with Gasteiger partial charge >= 0.3 is 6.18 Å². The first-order chi connectivity index (χ1) is 12.4. The lowest BCUT2D eigenvalue weighted by Gasteiger charge is -2.38. The van der Waals surface area contributed by atoms with Crippen molar-refractivity contribution >= 4 is 0 Å².